The Kier molecular flexibility index (Phi) is 6.06. The third-order valence-electron chi connectivity index (χ3n) is 2.88. The van der Waals surface area contributed by atoms with Crippen LogP contribution >= 0.6 is 11.6 Å². The van der Waals surface area contributed by atoms with E-state index in [0.29, 0.717) is 11.4 Å². The van der Waals surface area contributed by atoms with Crippen molar-refractivity contribution in [3.8, 4) is 0 Å². The number of hydrogen-bond acceptors (Lipinski definition) is 1. The highest BCUT2D eigenvalue weighted by Crippen LogP contribution is 2.19. The van der Waals surface area contributed by atoms with Gasteiger partial charge in [-0.25, -0.2) is 0 Å². The lowest BCUT2D eigenvalue weighted by Crippen LogP contribution is -2.16. The lowest BCUT2D eigenvalue weighted by atomic mass is 9.94. The van der Waals surface area contributed by atoms with Crippen LogP contribution in [0.4, 0.5) is 0 Å². The van der Waals surface area contributed by atoms with Crippen molar-refractivity contribution in [1.29, 1.82) is 0 Å². The summed E-state index contributed by atoms with van der Waals surface area (Å²) in [6.45, 7) is 2.12. The third kappa shape index (κ3) is 5.22. The van der Waals surface area contributed by atoms with Crippen molar-refractivity contribution < 1.29 is 9.90 Å². The Balaban J connectivity index is 2.57. The Morgan fingerprint density at radius 2 is 2.18 bits per heavy atom. The average molecular weight is 255 g/mol. The van der Waals surface area contributed by atoms with Crippen LogP contribution in [0.5, 0.6) is 0 Å². The number of hydrogen-bond donors (Lipinski definition) is 1. The van der Waals surface area contributed by atoms with Crippen LogP contribution < -0.4 is 0 Å². The van der Waals surface area contributed by atoms with Gasteiger partial charge in [-0.2, -0.15) is 0 Å². The van der Waals surface area contributed by atoms with Crippen LogP contribution in [0.1, 0.15) is 38.2 Å². The standard InChI is InChI=1S/C14H19ClO2/c1-2-3-4-7-12(14(16)17)9-11-6-5-8-13(15)10-11/h5-6,8,10,12H,2-4,7,9H2,1H3,(H,16,17). The summed E-state index contributed by atoms with van der Waals surface area (Å²) in [6, 6.07) is 7.44. The summed E-state index contributed by atoms with van der Waals surface area (Å²) in [5, 5.41) is 9.84. The van der Waals surface area contributed by atoms with Gasteiger partial charge < -0.3 is 5.11 Å². The van der Waals surface area contributed by atoms with Crippen molar-refractivity contribution in [2.45, 2.75) is 39.0 Å². The molecule has 0 aliphatic carbocycles. The molecular formula is C14H19ClO2. The number of aliphatic carboxylic acids is 1. The molecule has 0 aromatic heterocycles. The Morgan fingerprint density at radius 3 is 2.76 bits per heavy atom. The average Bonchev–Trinajstić information content (AvgIpc) is 2.28. The summed E-state index contributed by atoms with van der Waals surface area (Å²) in [7, 11) is 0. The van der Waals surface area contributed by atoms with Gasteiger partial charge in [0, 0.05) is 5.02 Å². The second-order valence-electron chi connectivity index (χ2n) is 4.36. The van der Waals surface area contributed by atoms with Crippen LogP contribution in [-0.2, 0) is 11.2 Å². The fourth-order valence-corrected chi connectivity index (χ4v) is 2.11. The van der Waals surface area contributed by atoms with E-state index in [0.717, 1.165) is 31.2 Å². The van der Waals surface area contributed by atoms with Crippen LogP contribution in [0, 0.1) is 5.92 Å². The number of benzene rings is 1. The maximum atomic E-state index is 11.1. The molecule has 1 rings (SSSR count). The normalized spacial score (nSPS) is 12.4. The highest BCUT2D eigenvalue weighted by atomic mass is 35.5. The van der Waals surface area contributed by atoms with E-state index < -0.39 is 5.97 Å². The summed E-state index contributed by atoms with van der Waals surface area (Å²) in [5.74, 6) is -0.999. The monoisotopic (exact) mass is 254 g/mol. The van der Waals surface area contributed by atoms with Gasteiger partial charge in [0.05, 0.1) is 5.92 Å². The zero-order valence-electron chi connectivity index (χ0n) is 10.2. The van der Waals surface area contributed by atoms with Crippen molar-refractivity contribution in [2.75, 3.05) is 0 Å². The molecule has 0 bridgehead atoms. The lowest BCUT2D eigenvalue weighted by molar-refractivity contribution is -0.142. The number of halogens is 1. The van der Waals surface area contributed by atoms with Gasteiger partial charge in [-0.3, -0.25) is 4.79 Å². The first kappa shape index (κ1) is 14.0. The Bertz CT molecular complexity index is 363. The van der Waals surface area contributed by atoms with Gasteiger partial charge in [-0.05, 0) is 30.5 Å². The molecule has 2 nitrogen and oxygen atoms in total. The largest absolute Gasteiger partial charge is 0.481 e. The second kappa shape index (κ2) is 7.33. The van der Waals surface area contributed by atoms with Crippen molar-refractivity contribution in [3.63, 3.8) is 0 Å². The van der Waals surface area contributed by atoms with Crippen LogP contribution in [0.2, 0.25) is 5.02 Å². The number of unbranched alkanes of at least 4 members (excludes halogenated alkanes) is 2. The Morgan fingerprint density at radius 1 is 1.41 bits per heavy atom. The van der Waals surface area contributed by atoms with E-state index in [2.05, 4.69) is 6.92 Å². The summed E-state index contributed by atoms with van der Waals surface area (Å²) < 4.78 is 0. The molecule has 1 aromatic rings. The molecule has 17 heavy (non-hydrogen) atoms. The fraction of sp³-hybridized carbons (Fsp3) is 0.500. The highest BCUT2D eigenvalue weighted by molar-refractivity contribution is 6.30. The summed E-state index contributed by atoms with van der Waals surface area (Å²) >= 11 is 5.89. The maximum Gasteiger partial charge on any atom is 0.306 e. The summed E-state index contributed by atoms with van der Waals surface area (Å²) in [4.78, 5) is 11.1. The van der Waals surface area contributed by atoms with E-state index in [1.807, 2.05) is 18.2 Å². The zero-order chi connectivity index (χ0) is 12.7. The second-order valence-corrected chi connectivity index (χ2v) is 4.80. The number of carboxylic acids is 1. The maximum absolute atomic E-state index is 11.1. The molecule has 0 aliphatic heterocycles. The van der Waals surface area contributed by atoms with Crippen molar-refractivity contribution >= 4 is 17.6 Å². The van der Waals surface area contributed by atoms with Crippen LogP contribution in [-0.4, -0.2) is 11.1 Å². The van der Waals surface area contributed by atoms with E-state index >= 15 is 0 Å². The first-order valence-electron chi connectivity index (χ1n) is 6.10. The van der Waals surface area contributed by atoms with Crippen LogP contribution in [0.3, 0.4) is 0 Å². The third-order valence-corrected chi connectivity index (χ3v) is 3.11. The number of carboxylic acid groups (broad SMARTS) is 1. The van der Waals surface area contributed by atoms with E-state index in [-0.39, 0.29) is 5.92 Å². The summed E-state index contributed by atoms with van der Waals surface area (Å²) in [6.07, 6.45) is 4.51. The lowest BCUT2D eigenvalue weighted by Gasteiger charge is -2.12. The molecule has 94 valence electrons. The minimum atomic E-state index is -0.707. The molecule has 0 saturated carbocycles. The van der Waals surface area contributed by atoms with Crippen molar-refractivity contribution in [3.05, 3.63) is 34.9 Å². The number of rotatable bonds is 7. The van der Waals surface area contributed by atoms with Gasteiger partial charge in [-0.1, -0.05) is 49.9 Å². The fourth-order valence-electron chi connectivity index (χ4n) is 1.90. The molecule has 3 heteroatoms. The van der Waals surface area contributed by atoms with E-state index in [1.54, 1.807) is 6.07 Å². The smallest absolute Gasteiger partial charge is 0.306 e. The molecule has 1 atom stereocenters. The molecule has 0 fully saturated rings. The topological polar surface area (TPSA) is 37.3 Å². The summed E-state index contributed by atoms with van der Waals surface area (Å²) in [5.41, 5.74) is 1.00. The predicted octanol–water partition coefficient (Wildman–Crippen LogP) is 4.16. The van der Waals surface area contributed by atoms with Crippen molar-refractivity contribution in [2.24, 2.45) is 5.92 Å². The minimum absolute atomic E-state index is 0.292. The van der Waals surface area contributed by atoms with Gasteiger partial charge in [0.25, 0.3) is 0 Å². The Labute approximate surface area is 108 Å². The highest BCUT2D eigenvalue weighted by Gasteiger charge is 2.17. The molecule has 0 spiro atoms. The van der Waals surface area contributed by atoms with Gasteiger partial charge in [0.15, 0.2) is 0 Å². The molecule has 1 aromatic carbocycles. The quantitative estimate of drug-likeness (QED) is 0.742. The molecule has 0 saturated heterocycles. The van der Waals surface area contributed by atoms with Crippen molar-refractivity contribution in [1.82, 2.24) is 0 Å². The van der Waals surface area contributed by atoms with Gasteiger partial charge in [-0.15, -0.1) is 0 Å². The molecule has 0 amide bonds. The SMILES string of the molecule is CCCCCC(Cc1cccc(Cl)c1)C(=O)O. The Hall–Kier alpha value is -1.02. The van der Waals surface area contributed by atoms with Gasteiger partial charge in [0.1, 0.15) is 0 Å². The van der Waals surface area contributed by atoms with E-state index in [4.69, 9.17) is 11.6 Å². The minimum Gasteiger partial charge on any atom is -0.481 e. The molecule has 0 radical (unpaired) electrons. The molecule has 0 aliphatic rings. The zero-order valence-corrected chi connectivity index (χ0v) is 10.9. The van der Waals surface area contributed by atoms with Crippen LogP contribution in [0.25, 0.3) is 0 Å². The van der Waals surface area contributed by atoms with Gasteiger partial charge in [0.2, 0.25) is 0 Å². The van der Waals surface area contributed by atoms with Crippen LogP contribution in [0.15, 0.2) is 24.3 Å². The van der Waals surface area contributed by atoms with E-state index in [1.165, 1.54) is 0 Å². The molecular weight excluding hydrogens is 236 g/mol. The molecule has 1 unspecified atom stereocenters. The molecule has 1 N–H and O–H groups in total. The van der Waals surface area contributed by atoms with Gasteiger partial charge >= 0.3 is 5.97 Å². The molecule has 0 heterocycles. The van der Waals surface area contributed by atoms with E-state index in [9.17, 15) is 9.90 Å². The number of carbonyl (C=O) groups is 1. The first-order chi connectivity index (χ1) is 8.13. The predicted molar refractivity (Wildman–Crippen MR) is 70.4 cm³/mol. The first-order valence-corrected chi connectivity index (χ1v) is 6.48.